The molecule has 7 heteroatoms. The van der Waals surface area contributed by atoms with Gasteiger partial charge in [-0.15, -0.1) is 0 Å². The third kappa shape index (κ3) is 5.05. The summed E-state index contributed by atoms with van der Waals surface area (Å²) in [5, 5.41) is 14.0. The lowest BCUT2D eigenvalue weighted by molar-refractivity contribution is -0.137. The van der Waals surface area contributed by atoms with Gasteiger partial charge in [-0.2, -0.15) is 0 Å². The Hall–Kier alpha value is -3.35. The maximum atomic E-state index is 12.5. The molecule has 0 radical (unpaired) electrons. The molecule has 1 atom stereocenters. The van der Waals surface area contributed by atoms with Crippen molar-refractivity contribution < 1.29 is 24.2 Å². The van der Waals surface area contributed by atoms with E-state index in [0.717, 1.165) is 35.1 Å². The zero-order valence-corrected chi connectivity index (χ0v) is 17.2. The molecule has 0 spiro atoms. The van der Waals surface area contributed by atoms with Crippen molar-refractivity contribution in [3.63, 3.8) is 0 Å². The number of carboxylic acid groups (broad SMARTS) is 1. The average molecular weight is 422 g/mol. The second kappa shape index (κ2) is 9.20. The molecule has 2 aromatic rings. The lowest BCUT2D eigenvalue weighted by Gasteiger charge is -2.19. The molecule has 0 unspecified atom stereocenters. The summed E-state index contributed by atoms with van der Waals surface area (Å²) in [6.45, 7) is 0.207. The van der Waals surface area contributed by atoms with Crippen LogP contribution in [0.2, 0.25) is 0 Å². The number of benzene rings is 2. The molecule has 2 aliphatic rings. The van der Waals surface area contributed by atoms with E-state index in [2.05, 4.69) is 22.8 Å². The van der Waals surface area contributed by atoms with Gasteiger partial charge in [-0.05, 0) is 34.6 Å². The van der Waals surface area contributed by atoms with Crippen LogP contribution in [-0.4, -0.2) is 42.3 Å². The third-order valence-electron chi connectivity index (χ3n) is 5.86. The number of aliphatic carboxylic acids is 1. The molecule has 31 heavy (non-hydrogen) atoms. The molecule has 162 valence electrons. The lowest BCUT2D eigenvalue weighted by atomic mass is 9.98. The summed E-state index contributed by atoms with van der Waals surface area (Å²) in [5.74, 6) is -1.00. The number of hydrogen-bond donors (Lipinski definition) is 3. The molecule has 7 nitrogen and oxygen atoms in total. The quantitative estimate of drug-likeness (QED) is 0.575. The Balaban J connectivity index is 1.37. The minimum Gasteiger partial charge on any atom is -0.481 e. The van der Waals surface area contributed by atoms with Crippen molar-refractivity contribution in [3.8, 4) is 11.1 Å². The van der Waals surface area contributed by atoms with Crippen LogP contribution in [0.5, 0.6) is 0 Å². The Bertz CT molecular complexity index is 940. The number of amides is 2. The number of hydrogen-bond acceptors (Lipinski definition) is 4. The van der Waals surface area contributed by atoms with Gasteiger partial charge in [0.2, 0.25) is 5.91 Å². The van der Waals surface area contributed by atoms with Gasteiger partial charge in [0, 0.05) is 12.5 Å². The zero-order chi connectivity index (χ0) is 21.8. The second-order valence-corrected chi connectivity index (χ2v) is 8.14. The topological polar surface area (TPSA) is 105 Å². The number of carboxylic acids is 1. The Morgan fingerprint density at radius 3 is 2.19 bits per heavy atom. The number of fused-ring (bicyclic) bond motifs is 3. The van der Waals surface area contributed by atoms with Crippen molar-refractivity contribution >= 4 is 18.0 Å². The van der Waals surface area contributed by atoms with Crippen molar-refractivity contribution in [2.75, 3.05) is 13.2 Å². The molecule has 0 heterocycles. The van der Waals surface area contributed by atoms with Gasteiger partial charge in [-0.1, -0.05) is 61.4 Å². The normalized spacial score (nSPS) is 15.5. The lowest BCUT2D eigenvalue weighted by Crippen LogP contribution is -2.47. The fourth-order valence-corrected chi connectivity index (χ4v) is 4.12. The van der Waals surface area contributed by atoms with Crippen LogP contribution in [0.25, 0.3) is 11.1 Å². The molecule has 2 aliphatic carbocycles. The maximum absolute atomic E-state index is 12.5. The van der Waals surface area contributed by atoms with Crippen LogP contribution in [0.4, 0.5) is 4.79 Å². The minimum atomic E-state index is -0.983. The number of carbonyl (C=O) groups is 3. The molecule has 3 N–H and O–H groups in total. The monoisotopic (exact) mass is 422 g/mol. The average Bonchev–Trinajstić information content (AvgIpc) is 3.52. The van der Waals surface area contributed by atoms with Crippen molar-refractivity contribution in [2.45, 2.75) is 37.6 Å². The van der Waals surface area contributed by atoms with Crippen molar-refractivity contribution in [2.24, 2.45) is 5.92 Å². The SMILES string of the molecule is O=C(O)CCNC(=O)[C@H](CC1CC1)NC(=O)OCC1c2ccccc2-c2ccccc21. The van der Waals surface area contributed by atoms with Crippen LogP contribution in [0, 0.1) is 5.92 Å². The molecule has 0 bridgehead atoms. The molecule has 2 aromatic carbocycles. The van der Waals surface area contributed by atoms with Crippen LogP contribution in [0.1, 0.15) is 42.7 Å². The first kappa shape index (κ1) is 20.9. The number of carbonyl (C=O) groups excluding carboxylic acids is 2. The fraction of sp³-hybridized carbons (Fsp3) is 0.375. The van der Waals surface area contributed by atoms with Crippen molar-refractivity contribution in [1.29, 1.82) is 0 Å². The van der Waals surface area contributed by atoms with E-state index >= 15 is 0 Å². The van der Waals surface area contributed by atoms with Crippen LogP contribution < -0.4 is 10.6 Å². The van der Waals surface area contributed by atoms with E-state index in [0.29, 0.717) is 12.3 Å². The van der Waals surface area contributed by atoms with Gasteiger partial charge in [-0.25, -0.2) is 4.79 Å². The summed E-state index contributed by atoms with van der Waals surface area (Å²) >= 11 is 0. The fourth-order valence-electron chi connectivity index (χ4n) is 4.12. The number of nitrogens with one attached hydrogen (secondary N) is 2. The van der Waals surface area contributed by atoms with Gasteiger partial charge >= 0.3 is 12.1 Å². The first-order valence-electron chi connectivity index (χ1n) is 10.6. The Kier molecular flexibility index (Phi) is 6.21. The smallest absolute Gasteiger partial charge is 0.407 e. The molecule has 4 rings (SSSR count). The molecule has 1 saturated carbocycles. The number of alkyl carbamates (subject to hydrolysis) is 1. The van der Waals surface area contributed by atoms with Crippen molar-refractivity contribution in [3.05, 3.63) is 59.7 Å². The Morgan fingerprint density at radius 2 is 1.61 bits per heavy atom. The zero-order valence-electron chi connectivity index (χ0n) is 17.2. The van der Waals surface area contributed by atoms with Gasteiger partial charge in [0.25, 0.3) is 0 Å². The molecule has 2 amide bonds. The maximum Gasteiger partial charge on any atom is 0.407 e. The Labute approximate surface area is 180 Å². The van der Waals surface area contributed by atoms with E-state index in [-0.39, 0.29) is 31.4 Å². The highest BCUT2D eigenvalue weighted by Crippen LogP contribution is 2.44. The van der Waals surface area contributed by atoms with Crippen LogP contribution in [-0.2, 0) is 14.3 Å². The summed E-state index contributed by atoms with van der Waals surface area (Å²) in [6, 6.07) is 15.5. The summed E-state index contributed by atoms with van der Waals surface area (Å²) in [7, 11) is 0. The minimum absolute atomic E-state index is 0.0295. The highest BCUT2D eigenvalue weighted by molar-refractivity contribution is 5.86. The van der Waals surface area contributed by atoms with Crippen molar-refractivity contribution in [1.82, 2.24) is 10.6 Å². The standard InChI is InChI=1S/C24H26N2O5/c27-22(28)11-12-25-23(29)21(13-15-9-10-15)26-24(30)31-14-20-18-7-3-1-5-16(18)17-6-2-4-8-19(17)20/h1-8,15,20-21H,9-14H2,(H,25,29)(H,26,30)(H,27,28)/t21-/m0/s1. The summed E-state index contributed by atoms with van der Waals surface area (Å²) in [5.41, 5.74) is 4.54. The van der Waals surface area contributed by atoms with Gasteiger partial charge in [0.05, 0.1) is 6.42 Å². The van der Waals surface area contributed by atoms with E-state index in [1.54, 1.807) is 0 Å². The van der Waals surface area contributed by atoms with Gasteiger partial charge in [-0.3, -0.25) is 9.59 Å². The van der Waals surface area contributed by atoms with E-state index in [1.807, 2.05) is 36.4 Å². The molecular formula is C24H26N2O5. The van der Waals surface area contributed by atoms with Crippen LogP contribution >= 0.6 is 0 Å². The summed E-state index contributed by atoms with van der Waals surface area (Å²) < 4.78 is 5.54. The summed E-state index contributed by atoms with van der Waals surface area (Å²) in [4.78, 5) is 35.6. The first-order valence-corrected chi connectivity index (χ1v) is 10.6. The van der Waals surface area contributed by atoms with Crippen LogP contribution in [0.15, 0.2) is 48.5 Å². The highest BCUT2D eigenvalue weighted by atomic mass is 16.5. The first-order chi connectivity index (χ1) is 15.0. The molecule has 0 aromatic heterocycles. The van der Waals surface area contributed by atoms with Gasteiger partial charge < -0.3 is 20.5 Å². The second-order valence-electron chi connectivity index (χ2n) is 8.14. The largest absolute Gasteiger partial charge is 0.481 e. The van der Waals surface area contributed by atoms with E-state index in [9.17, 15) is 14.4 Å². The van der Waals surface area contributed by atoms with E-state index in [1.165, 1.54) is 0 Å². The van der Waals surface area contributed by atoms with Gasteiger partial charge in [0.15, 0.2) is 0 Å². The highest BCUT2D eigenvalue weighted by Gasteiger charge is 2.32. The third-order valence-corrected chi connectivity index (χ3v) is 5.86. The van der Waals surface area contributed by atoms with Gasteiger partial charge in [0.1, 0.15) is 12.6 Å². The molecular weight excluding hydrogens is 396 g/mol. The molecule has 0 aliphatic heterocycles. The predicted octanol–water partition coefficient (Wildman–Crippen LogP) is 3.28. The summed E-state index contributed by atoms with van der Waals surface area (Å²) in [6.07, 6.45) is 1.80. The Morgan fingerprint density at radius 1 is 1.00 bits per heavy atom. The van der Waals surface area contributed by atoms with Crippen LogP contribution in [0.3, 0.4) is 0 Å². The molecule has 1 fully saturated rings. The van der Waals surface area contributed by atoms with E-state index in [4.69, 9.17) is 9.84 Å². The predicted molar refractivity (Wildman–Crippen MR) is 115 cm³/mol. The number of ether oxygens (including phenoxy) is 1. The van der Waals surface area contributed by atoms with E-state index < -0.39 is 18.1 Å². The molecule has 0 saturated heterocycles. The number of rotatable bonds is 9.